The van der Waals surface area contributed by atoms with Gasteiger partial charge in [-0.05, 0) is 43.4 Å². The zero-order valence-electron chi connectivity index (χ0n) is 16.5. The normalized spacial score (nSPS) is 16.8. The van der Waals surface area contributed by atoms with Gasteiger partial charge in [-0.25, -0.2) is 4.39 Å². The van der Waals surface area contributed by atoms with Crippen LogP contribution in [0.5, 0.6) is 0 Å². The number of carbonyl (C=O) groups is 1. The number of amides is 1. The molecule has 5 nitrogen and oxygen atoms in total. The highest BCUT2D eigenvalue weighted by atomic mass is 19.1. The maximum atomic E-state index is 13.9. The molecule has 1 saturated heterocycles. The van der Waals surface area contributed by atoms with Crippen molar-refractivity contribution < 1.29 is 13.7 Å². The number of piperidine rings is 1. The summed E-state index contributed by atoms with van der Waals surface area (Å²) < 4.78 is 19.3. The fraction of sp³-hybridized carbons (Fsp3) is 0.348. The minimum absolute atomic E-state index is 0.151. The highest BCUT2D eigenvalue weighted by Gasteiger charge is 2.25. The fourth-order valence-electron chi connectivity index (χ4n) is 3.90. The average Bonchev–Trinajstić information content (AvgIpc) is 3.17. The predicted octanol–water partition coefficient (Wildman–Crippen LogP) is 4.21. The van der Waals surface area contributed by atoms with Gasteiger partial charge in [-0.3, -0.25) is 4.79 Å². The first-order chi connectivity index (χ1) is 14.1. The SMILES string of the molecule is Cc1cccc(CC(=O)N2CCCC(Cc3nc(-c4ccccc4F)no3)C2)c1. The molecule has 3 aromatic rings. The second kappa shape index (κ2) is 8.55. The molecule has 1 aromatic heterocycles. The molecule has 2 heterocycles. The minimum atomic E-state index is -0.370. The Bertz CT molecular complexity index is 1000. The summed E-state index contributed by atoms with van der Waals surface area (Å²) in [5.74, 6) is 0.796. The maximum Gasteiger partial charge on any atom is 0.227 e. The number of likely N-dealkylation sites (tertiary alicyclic amines) is 1. The van der Waals surface area contributed by atoms with Crippen molar-refractivity contribution in [2.45, 2.75) is 32.6 Å². The number of rotatable bonds is 5. The van der Waals surface area contributed by atoms with Gasteiger partial charge in [0, 0.05) is 19.5 Å². The summed E-state index contributed by atoms with van der Waals surface area (Å²) in [5, 5.41) is 3.92. The highest BCUT2D eigenvalue weighted by molar-refractivity contribution is 5.79. The molecule has 29 heavy (non-hydrogen) atoms. The lowest BCUT2D eigenvalue weighted by Crippen LogP contribution is -2.41. The minimum Gasteiger partial charge on any atom is -0.342 e. The van der Waals surface area contributed by atoms with E-state index in [1.54, 1.807) is 18.2 Å². The van der Waals surface area contributed by atoms with Gasteiger partial charge in [-0.2, -0.15) is 4.98 Å². The van der Waals surface area contributed by atoms with Gasteiger partial charge in [0.2, 0.25) is 17.6 Å². The monoisotopic (exact) mass is 393 g/mol. The van der Waals surface area contributed by atoms with Crippen molar-refractivity contribution in [1.29, 1.82) is 0 Å². The zero-order valence-corrected chi connectivity index (χ0v) is 16.5. The van der Waals surface area contributed by atoms with Gasteiger partial charge in [0.1, 0.15) is 5.82 Å². The molecular weight excluding hydrogens is 369 g/mol. The number of hydrogen-bond acceptors (Lipinski definition) is 4. The molecule has 0 aliphatic carbocycles. The number of aromatic nitrogens is 2. The Kier molecular flexibility index (Phi) is 5.69. The Morgan fingerprint density at radius 3 is 2.93 bits per heavy atom. The lowest BCUT2D eigenvalue weighted by atomic mass is 9.94. The Morgan fingerprint density at radius 2 is 2.10 bits per heavy atom. The van der Waals surface area contributed by atoms with Crippen LogP contribution in [0.3, 0.4) is 0 Å². The van der Waals surface area contributed by atoms with Crippen molar-refractivity contribution in [2.24, 2.45) is 5.92 Å². The fourth-order valence-corrected chi connectivity index (χ4v) is 3.90. The van der Waals surface area contributed by atoms with Gasteiger partial charge in [-0.1, -0.05) is 47.1 Å². The van der Waals surface area contributed by atoms with Crippen molar-refractivity contribution in [2.75, 3.05) is 13.1 Å². The molecule has 0 spiro atoms. The Morgan fingerprint density at radius 1 is 1.24 bits per heavy atom. The van der Waals surface area contributed by atoms with E-state index in [-0.39, 0.29) is 23.5 Å². The summed E-state index contributed by atoms with van der Waals surface area (Å²) in [7, 11) is 0. The summed E-state index contributed by atoms with van der Waals surface area (Å²) in [5.41, 5.74) is 2.54. The lowest BCUT2D eigenvalue weighted by Gasteiger charge is -2.32. The van der Waals surface area contributed by atoms with Crippen molar-refractivity contribution >= 4 is 5.91 Å². The van der Waals surface area contributed by atoms with Crippen LogP contribution in [0, 0.1) is 18.7 Å². The van der Waals surface area contributed by atoms with Crippen molar-refractivity contribution in [3.8, 4) is 11.4 Å². The third-order valence-corrected chi connectivity index (χ3v) is 5.36. The van der Waals surface area contributed by atoms with Crippen LogP contribution < -0.4 is 0 Å². The summed E-state index contributed by atoms with van der Waals surface area (Å²) >= 11 is 0. The topological polar surface area (TPSA) is 59.2 Å². The second-order valence-corrected chi connectivity index (χ2v) is 7.71. The average molecular weight is 393 g/mol. The number of aryl methyl sites for hydroxylation is 1. The molecule has 1 atom stereocenters. The number of hydrogen-bond donors (Lipinski definition) is 0. The predicted molar refractivity (Wildman–Crippen MR) is 108 cm³/mol. The van der Waals surface area contributed by atoms with Gasteiger partial charge in [0.25, 0.3) is 0 Å². The van der Waals surface area contributed by atoms with E-state index >= 15 is 0 Å². The third-order valence-electron chi connectivity index (χ3n) is 5.36. The van der Waals surface area contributed by atoms with Crippen molar-refractivity contribution in [3.05, 3.63) is 71.4 Å². The summed E-state index contributed by atoms with van der Waals surface area (Å²) in [6.07, 6.45) is 2.98. The first-order valence-corrected chi connectivity index (χ1v) is 9.99. The number of nitrogens with zero attached hydrogens (tertiary/aromatic N) is 3. The molecule has 0 saturated carbocycles. The summed E-state index contributed by atoms with van der Waals surface area (Å²) in [6, 6.07) is 14.5. The van der Waals surface area contributed by atoms with Gasteiger partial charge < -0.3 is 9.42 Å². The van der Waals surface area contributed by atoms with E-state index in [2.05, 4.69) is 16.2 Å². The van der Waals surface area contributed by atoms with Crippen molar-refractivity contribution in [3.63, 3.8) is 0 Å². The van der Waals surface area contributed by atoms with Crippen LogP contribution in [0.1, 0.15) is 29.9 Å². The molecule has 0 radical (unpaired) electrons. The molecule has 1 aliphatic heterocycles. The van der Waals surface area contributed by atoms with Crippen LogP contribution >= 0.6 is 0 Å². The van der Waals surface area contributed by atoms with E-state index in [1.807, 2.05) is 30.0 Å². The van der Waals surface area contributed by atoms with Gasteiger partial charge in [0.15, 0.2) is 0 Å². The first-order valence-electron chi connectivity index (χ1n) is 9.99. The largest absolute Gasteiger partial charge is 0.342 e. The Labute approximate surface area is 169 Å². The molecule has 6 heteroatoms. The Balaban J connectivity index is 1.38. The first kappa shape index (κ1) is 19.3. The zero-order chi connectivity index (χ0) is 20.2. The summed E-state index contributed by atoms with van der Waals surface area (Å²) in [6.45, 7) is 3.50. The van der Waals surface area contributed by atoms with E-state index in [4.69, 9.17) is 4.52 Å². The smallest absolute Gasteiger partial charge is 0.227 e. The molecule has 1 fully saturated rings. The summed E-state index contributed by atoms with van der Waals surface area (Å²) in [4.78, 5) is 19.0. The van der Waals surface area contributed by atoms with Crippen LogP contribution in [-0.4, -0.2) is 34.0 Å². The van der Waals surface area contributed by atoms with Crippen LogP contribution in [0.15, 0.2) is 53.1 Å². The lowest BCUT2D eigenvalue weighted by molar-refractivity contribution is -0.132. The van der Waals surface area contributed by atoms with Crippen LogP contribution in [0.2, 0.25) is 0 Å². The van der Waals surface area contributed by atoms with E-state index in [0.717, 1.165) is 30.5 Å². The van der Waals surface area contributed by atoms with Crippen LogP contribution in [0.25, 0.3) is 11.4 Å². The molecule has 1 unspecified atom stereocenters. The molecule has 150 valence electrons. The Hall–Kier alpha value is -3.02. The van der Waals surface area contributed by atoms with Gasteiger partial charge >= 0.3 is 0 Å². The molecule has 0 bridgehead atoms. The molecular formula is C23H24FN3O2. The van der Waals surface area contributed by atoms with Crippen molar-refractivity contribution in [1.82, 2.24) is 15.0 Å². The number of benzene rings is 2. The maximum absolute atomic E-state index is 13.9. The van der Waals surface area contributed by atoms with E-state index < -0.39 is 0 Å². The second-order valence-electron chi connectivity index (χ2n) is 7.71. The van der Waals surface area contributed by atoms with E-state index in [9.17, 15) is 9.18 Å². The molecule has 1 aliphatic rings. The van der Waals surface area contributed by atoms with Gasteiger partial charge in [-0.15, -0.1) is 0 Å². The molecule has 2 aromatic carbocycles. The highest BCUT2D eigenvalue weighted by Crippen LogP contribution is 2.24. The van der Waals surface area contributed by atoms with Crippen LogP contribution in [-0.2, 0) is 17.6 Å². The number of halogens is 1. The van der Waals surface area contributed by atoms with Crippen LogP contribution in [0.4, 0.5) is 4.39 Å². The standard InChI is InChI=1S/C23H24FN3O2/c1-16-6-4-7-17(12-16)14-22(28)27-11-5-8-18(15-27)13-21-25-23(26-29-21)19-9-2-3-10-20(19)24/h2-4,6-7,9-10,12,18H,5,8,11,13-15H2,1H3. The van der Waals surface area contributed by atoms with Gasteiger partial charge in [0.05, 0.1) is 12.0 Å². The molecule has 0 N–H and O–H groups in total. The third kappa shape index (κ3) is 4.70. The van der Waals surface area contributed by atoms with E-state index in [1.165, 1.54) is 6.07 Å². The van der Waals surface area contributed by atoms with E-state index in [0.29, 0.717) is 30.8 Å². The quantitative estimate of drug-likeness (QED) is 0.652. The molecule has 1 amide bonds. The number of carbonyl (C=O) groups excluding carboxylic acids is 1. The molecule has 4 rings (SSSR count).